The Hall–Kier alpha value is -0.680. The predicted octanol–water partition coefficient (Wildman–Crippen LogP) is 1.93. The van der Waals surface area contributed by atoms with Crippen LogP contribution in [-0.4, -0.2) is 21.3 Å². The van der Waals surface area contributed by atoms with Gasteiger partial charge in [-0.05, 0) is 13.3 Å². The molecule has 0 aromatic heterocycles. The van der Waals surface area contributed by atoms with Crippen LogP contribution in [0.25, 0.3) is 0 Å². The molecule has 1 atom stereocenters. The molecule has 2 aliphatic rings. The highest BCUT2D eigenvalue weighted by Crippen LogP contribution is 2.50. The average molecular weight is 241 g/mol. The summed E-state index contributed by atoms with van der Waals surface area (Å²) in [6, 6.07) is 0. The van der Waals surface area contributed by atoms with Crippen LogP contribution in [-0.2, 0) is 9.59 Å². The number of thioether (sulfide) groups is 1. The van der Waals surface area contributed by atoms with Crippen LogP contribution in [0.5, 0.6) is 0 Å². The van der Waals surface area contributed by atoms with Gasteiger partial charge in [-0.1, -0.05) is 37.4 Å². The molecule has 0 radical (unpaired) electrons. The lowest BCUT2D eigenvalue weighted by Gasteiger charge is -2.37. The first-order chi connectivity index (χ1) is 7.11. The summed E-state index contributed by atoms with van der Waals surface area (Å²) < 4.78 is 0. The fraction of sp³-hybridized carbons (Fsp3) is 0.400. The molecule has 80 valence electrons. The zero-order valence-corrected chi connectivity index (χ0v) is 10.2. The smallest absolute Gasteiger partial charge is 0.258 e. The van der Waals surface area contributed by atoms with E-state index >= 15 is 0 Å². The van der Waals surface area contributed by atoms with Gasteiger partial charge in [0.15, 0.2) is 0 Å². The molecule has 0 aromatic rings. The van der Waals surface area contributed by atoms with E-state index in [0.29, 0.717) is 5.70 Å². The Bertz CT molecular complexity index is 412. The number of hydrogen-bond donors (Lipinski definition) is 1. The summed E-state index contributed by atoms with van der Waals surface area (Å²) in [5.41, 5.74) is 1.27. The van der Waals surface area contributed by atoms with Crippen molar-refractivity contribution in [3.63, 3.8) is 0 Å². The van der Waals surface area contributed by atoms with Crippen LogP contribution < -0.4 is 0 Å². The van der Waals surface area contributed by atoms with E-state index in [1.54, 1.807) is 16.7 Å². The molecule has 15 heavy (non-hydrogen) atoms. The van der Waals surface area contributed by atoms with Gasteiger partial charge >= 0.3 is 0 Å². The summed E-state index contributed by atoms with van der Waals surface area (Å²) in [6.07, 6.45) is 2.58. The second-order valence-corrected chi connectivity index (χ2v) is 4.90. The Morgan fingerprint density at radius 3 is 2.80 bits per heavy atom. The van der Waals surface area contributed by atoms with Gasteiger partial charge in [0.25, 0.3) is 5.91 Å². The van der Waals surface area contributed by atoms with E-state index in [2.05, 4.69) is 12.6 Å². The van der Waals surface area contributed by atoms with Crippen molar-refractivity contribution in [2.45, 2.75) is 25.6 Å². The number of carbonyl (C=O) groups is 2. The number of carbonyl (C=O) groups excluding carboxylic acids is 2. The van der Waals surface area contributed by atoms with Crippen LogP contribution in [0.4, 0.5) is 0 Å². The topological polar surface area (TPSA) is 37.4 Å². The highest BCUT2D eigenvalue weighted by molar-refractivity contribution is 8.04. The third-order valence-corrected chi connectivity index (χ3v) is 4.23. The van der Waals surface area contributed by atoms with Gasteiger partial charge in [-0.15, -0.1) is 0 Å². The van der Waals surface area contributed by atoms with E-state index in [1.165, 1.54) is 0 Å². The normalized spacial score (nSPS) is 27.1. The Morgan fingerprint density at radius 1 is 1.67 bits per heavy atom. The maximum atomic E-state index is 11.7. The molecule has 0 N–H and O–H groups in total. The highest BCUT2D eigenvalue weighted by Gasteiger charge is 2.50. The lowest BCUT2D eigenvalue weighted by atomic mass is 10.1. The van der Waals surface area contributed by atoms with Gasteiger partial charge in [0.1, 0.15) is 11.1 Å². The number of hydrogen-bond acceptors (Lipinski definition) is 3. The van der Waals surface area contributed by atoms with E-state index in [9.17, 15) is 9.59 Å². The zero-order chi connectivity index (χ0) is 11.2. The molecule has 0 aromatic carbocycles. The fourth-order valence-electron chi connectivity index (χ4n) is 1.82. The number of thiol groups is 1. The first-order valence-electron chi connectivity index (χ1n) is 4.74. The molecule has 1 amide bonds. The maximum absolute atomic E-state index is 11.7. The minimum Gasteiger partial charge on any atom is -0.286 e. The summed E-state index contributed by atoms with van der Waals surface area (Å²) >= 11 is 5.40. The van der Waals surface area contributed by atoms with Crippen LogP contribution in [0.1, 0.15) is 20.3 Å². The van der Waals surface area contributed by atoms with Crippen molar-refractivity contribution in [3.8, 4) is 0 Å². The van der Waals surface area contributed by atoms with Crippen LogP contribution >= 0.6 is 24.4 Å². The van der Waals surface area contributed by atoms with Crippen molar-refractivity contribution in [1.29, 1.82) is 0 Å². The third kappa shape index (κ3) is 1.37. The predicted molar refractivity (Wildman–Crippen MR) is 63.3 cm³/mol. The minimum atomic E-state index is -0.314. The first-order valence-corrected chi connectivity index (χ1v) is 6.07. The molecule has 0 saturated carbocycles. The summed E-state index contributed by atoms with van der Waals surface area (Å²) in [6.45, 7) is 3.82. The molecular formula is C10H11NO2S2. The molecule has 0 spiro atoms. The molecule has 5 heteroatoms. The summed E-state index contributed by atoms with van der Waals surface area (Å²) in [4.78, 5) is 25.5. The van der Waals surface area contributed by atoms with E-state index in [1.807, 2.05) is 19.9 Å². The van der Waals surface area contributed by atoms with Gasteiger partial charge in [0.2, 0.25) is 5.12 Å². The molecule has 1 unspecified atom stereocenters. The van der Waals surface area contributed by atoms with Crippen molar-refractivity contribution in [1.82, 2.24) is 4.90 Å². The number of fused-ring (bicyclic) bond motifs is 1. The summed E-state index contributed by atoms with van der Waals surface area (Å²) in [5, 5.41) is -0.297. The number of rotatable bonds is 2. The van der Waals surface area contributed by atoms with Gasteiger partial charge in [0, 0.05) is 10.5 Å². The van der Waals surface area contributed by atoms with Crippen molar-refractivity contribution in [2.24, 2.45) is 0 Å². The maximum Gasteiger partial charge on any atom is 0.258 e. The summed E-state index contributed by atoms with van der Waals surface area (Å²) in [7, 11) is 0. The third-order valence-electron chi connectivity index (χ3n) is 2.56. The largest absolute Gasteiger partial charge is 0.286 e. The number of nitrogens with zero attached hydrogens (tertiary/aromatic N) is 1. The van der Waals surface area contributed by atoms with Gasteiger partial charge < -0.3 is 0 Å². The van der Waals surface area contributed by atoms with E-state index in [-0.39, 0.29) is 16.4 Å². The van der Waals surface area contributed by atoms with Crippen molar-refractivity contribution >= 4 is 35.4 Å². The van der Waals surface area contributed by atoms with Gasteiger partial charge in [0.05, 0.1) is 0 Å². The molecule has 0 bridgehead atoms. The van der Waals surface area contributed by atoms with Gasteiger partial charge in [-0.2, -0.15) is 0 Å². The van der Waals surface area contributed by atoms with Crippen molar-refractivity contribution in [3.05, 3.63) is 22.3 Å². The molecule has 2 aliphatic heterocycles. The first kappa shape index (κ1) is 10.8. The molecule has 0 aliphatic carbocycles. The van der Waals surface area contributed by atoms with Crippen LogP contribution in [0, 0.1) is 0 Å². The van der Waals surface area contributed by atoms with Crippen LogP contribution in [0.15, 0.2) is 22.3 Å². The standard InChI is InChI=1S/C10H11NO2S2/c1-3-5-8(12)11-7(10(13)14)6(4-2)15-9(5)11/h3,9H,4H2,1-2H3,(H,13,14)/b5-3+. The molecule has 2 heterocycles. The Morgan fingerprint density at radius 2 is 2.33 bits per heavy atom. The Balaban J connectivity index is 2.38. The monoisotopic (exact) mass is 241 g/mol. The zero-order valence-electron chi connectivity index (χ0n) is 8.48. The number of amides is 1. The van der Waals surface area contributed by atoms with E-state index < -0.39 is 0 Å². The lowest BCUT2D eigenvalue weighted by Crippen LogP contribution is -2.50. The van der Waals surface area contributed by atoms with Crippen molar-refractivity contribution < 1.29 is 9.59 Å². The average Bonchev–Trinajstić information content (AvgIpc) is 2.53. The lowest BCUT2D eigenvalue weighted by molar-refractivity contribution is -0.132. The molecule has 3 nitrogen and oxygen atoms in total. The van der Waals surface area contributed by atoms with E-state index in [0.717, 1.165) is 16.9 Å². The van der Waals surface area contributed by atoms with Crippen molar-refractivity contribution in [2.75, 3.05) is 0 Å². The highest BCUT2D eigenvalue weighted by atomic mass is 32.2. The number of allylic oxidation sites excluding steroid dienone is 2. The molecular weight excluding hydrogens is 230 g/mol. The van der Waals surface area contributed by atoms with Gasteiger partial charge in [-0.25, -0.2) is 0 Å². The quantitative estimate of drug-likeness (QED) is 0.456. The second kappa shape index (κ2) is 3.72. The fourth-order valence-corrected chi connectivity index (χ4v) is 3.55. The van der Waals surface area contributed by atoms with Crippen LogP contribution in [0.2, 0.25) is 0 Å². The molecule has 1 saturated heterocycles. The van der Waals surface area contributed by atoms with Crippen LogP contribution in [0.3, 0.4) is 0 Å². The Kier molecular flexibility index (Phi) is 2.68. The van der Waals surface area contributed by atoms with Gasteiger partial charge in [-0.3, -0.25) is 14.5 Å². The number of β-lactam (4-membered cyclic amide) rings is 1. The summed E-state index contributed by atoms with van der Waals surface area (Å²) in [5.74, 6) is -0.0594. The molecule has 1 fully saturated rings. The minimum absolute atomic E-state index is 0.0172. The SMILES string of the molecule is C/C=C1\C(=O)N2C(C(=O)S)=C(CC)SC12. The Labute approximate surface area is 98.0 Å². The second-order valence-electron chi connectivity index (χ2n) is 3.32. The van der Waals surface area contributed by atoms with E-state index in [4.69, 9.17) is 0 Å². The molecule has 2 rings (SSSR count).